The highest BCUT2D eigenvalue weighted by atomic mass is 16.5. The number of para-hydroxylation sites is 1. The minimum atomic E-state index is 0.695. The molecule has 3 nitrogen and oxygen atoms in total. The molecule has 1 saturated carbocycles. The molecule has 3 heteroatoms. The van der Waals surface area contributed by atoms with Crippen molar-refractivity contribution in [1.29, 1.82) is 0 Å². The van der Waals surface area contributed by atoms with Crippen LogP contribution in [-0.2, 0) is 11.2 Å². The molecule has 1 fully saturated rings. The number of benzene rings is 1. The van der Waals surface area contributed by atoms with E-state index in [0.717, 1.165) is 37.8 Å². The van der Waals surface area contributed by atoms with E-state index in [1.54, 1.807) is 14.2 Å². The van der Waals surface area contributed by atoms with E-state index in [1.807, 2.05) is 6.07 Å². The molecule has 0 heterocycles. The largest absolute Gasteiger partial charge is 0.496 e. The summed E-state index contributed by atoms with van der Waals surface area (Å²) in [5.74, 6) is 2.57. The van der Waals surface area contributed by atoms with Gasteiger partial charge in [-0.25, -0.2) is 0 Å². The maximum atomic E-state index is 5.51. The molecular weight excluding hydrogens is 262 g/mol. The highest BCUT2D eigenvalue weighted by molar-refractivity contribution is 5.33. The lowest BCUT2D eigenvalue weighted by atomic mass is 9.85. The molecule has 21 heavy (non-hydrogen) atoms. The van der Waals surface area contributed by atoms with Gasteiger partial charge in [-0.1, -0.05) is 43.9 Å². The first-order chi connectivity index (χ1) is 10.3. The Kier molecular flexibility index (Phi) is 7.04. The Bertz CT molecular complexity index is 402. The number of methoxy groups -OCH3 is 2. The van der Waals surface area contributed by atoms with Crippen LogP contribution in [0.4, 0.5) is 0 Å². The van der Waals surface area contributed by atoms with Gasteiger partial charge in [-0.3, -0.25) is 0 Å². The molecule has 0 bridgehead atoms. The van der Waals surface area contributed by atoms with Gasteiger partial charge in [-0.15, -0.1) is 0 Å². The second-order valence-electron chi connectivity index (χ2n) is 6.02. The zero-order chi connectivity index (χ0) is 14.9. The second-order valence-corrected chi connectivity index (χ2v) is 6.02. The van der Waals surface area contributed by atoms with Gasteiger partial charge in [0.25, 0.3) is 0 Å². The van der Waals surface area contributed by atoms with Crippen LogP contribution >= 0.6 is 0 Å². The maximum absolute atomic E-state index is 5.51. The van der Waals surface area contributed by atoms with Crippen molar-refractivity contribution in [2.24, 2.45) is 11.8 Å². The quantitative estimate of drug-likeness (QED) is 0.708. The molecule has 2 rings (SSSR count). The number of hydrogen-bond donors (Lipinski definition) is 1. The average Bonchev–Trinajstić information content (AvgIpc) is 3.05. The van der Waals surface area contributed by atoms with Gasteiger partial charge in [0.05, 0.1) is 13.7 Å². The van der Waals surface area contributed by atoms with Gasteiger partial charge >= 0.3 is 0 Å². The van der Waals surface area contributed by atoms with E-state index in [1.165, 1.54) is 31.2 Å². The molecule has 0 spiro atoms. The van der Waals surface area contributed by atoms with E-state index < -0.39 is 0 Å². The maximum Gasteiger partial charge on any atom is 0.122 e. The van der Waals surface area contributed by atoms with Crippen LogP contribution in [0, 0.1) is 11.8 Å². The second kappa shape index (κ2) is 9.06. The minimum absolute atomic E-state index is 0.695. The Morgan fingerprint density at radius 1 is 1.19 bits per heavy atom. The van der Waals surface area contributed by atoms with Crippen molar-refractivity contribution >= 4 is 0 Å². The summed E-state index contributed by atoms with van der Waals surface area (Å²) in [7, 11) is 3.52. The van der Waals surface area contributed by atoms with Crippen molar-refractivity contribution in [2.75, 3.05) is 33.9 Å². The molecule has 1 atom stereocenters. The first kappa shape index (κ1) is 16.3. The van der Waals surface area contributed by atoms with E-state index in [4.69, 9.17) is 9.47 Å². The predicted octanol–water partition coefficient (Wildman–Crippen LogP) is 3.28. The molecule has 0 aromatic heterocycles. The van der Waals surface area contributed by atoms with Crippen LogP contribution in [0.1, 0.15) is 31.2 Å². The fraction of sp³-hybridized carbons (Fsp3) is 0.667. The molecule has 1 aromatic carbocycles. The molecule has 1 N–H and O–H groups in total. The zero-order valence-electron chi connectivity index (χ0n) is 13.4. The van der Waals surface area contributed by atoms with Gasteiger partial charge in [-0.2, -0.15) is 0 Å². The number of rotatable bonds is 9. The Morgan fingerprint density at radius 3 is 2.67 bits per heavy atom. The van der Waals surface area contributed by atoms with Crippen molar-refractivity contribution in [3.05, 3.63) is 29.8 Å². The molecule has 1 aliphatic carbocycles. The third kappa shape index (κ3) is 5.01. The van der Waals surface area contributed by atoms with Crippen molar-refractivity contribution in [1.82, 2.24) is 5.32 Å². The van der Waals surface area contributed by atoms with E-state index in [2.05, 4.69) is 23.5 Å². The van der Waals surface area contributed by atoms with Gasteiger partial charge < -0.3 is 14.8 Å². The molecule has 1 aromatic rings. The van der Waals surface area contributed by atoms with E-state index >= 15 is 0 Å². The Morgan fingerprint density at radius 2 is 1.95 bits per heavy atom. The summed E-state index contributed by atoms with van der Waals surface area (Å²) >= 11 is 0. The molecule has 0 radical (unpaired) electrons. The van der Waals surface area contributed by atoms with E-state index in [-0.39, 0.29) is 0 Å². The van der Waals surface area contributed by atoms with E-state index in [0.29, 0.717) is 5.92 Å². The fourth-order valence-corrected chi connectivity index (χ4v) is 3.45. The normalized spacial score (nSPS) is 17.0. The Hall–Kier alpha value is -1.06. The lowest BCUT2D eigenvalue weighted by Gasteiger charge is -2.25. The number of nitrogens with one attached hydrogen (secondary N) is 1. The first-order valence-corrected chi connectivity index (χ1v) is 8.16. The van der Waals surface area contributed by atoms with Crippen LogP contribution in [0.15, 0.2) is 24.3 Å². The summed E-state index contributed by atoms with van der Waals surface area (Å²) in [6, 6.07) is 8.43. The van der Waals surface area contributed by atoms with Crippen LogP contribution in [0.5, 0.6) is 5.75 Å². The Labute approximate surface area is 129 Å². The molecule has 0 aliphatic heterocycles. The summed E-state index contributed by atoms with van der Waals surface area (Å²) in [6.07, 6.45) is 6.66. The monoisotopic (exact) mass is 291 g/mol. The van der Waals surface area contributed by atoms with Crippen molar-refractivity contribution in [3.8, 4) is 5.75 Å². The van der Waals surface area contributed by atoms with Crippen LogP contribution in [-0.4, -0.2) is 33.9 Å². The summed E-state index contributed by atoms with van der Waals surface area (Å²) in [5, 5.41) is 3.56. The number of hydrogen-bond acceptors (Lipinski definition) is 3. The molecule has 0 saturated heterocycles. The lowest BCUT2D eigenvalue weighted by molar-refractivity contribution is 0.195. The third-order valence-electron chi connectivity index (χ3n) is 4.63. The highest BCUT2D eigenvalue weighted by Gasteiger charge is 2.25. The van der Waals surface area contributed by atoms with Crippen LogP contribution in [0.25, 0.3) is 0 Å². The average molecular weight is 291 g/mol. The zero-order valence-corrected chi connectivity index (χ0v) is 13.4. The summed E-state index contributed by atoms with van der Waals surface area (Å²) in [6.45, 7) is 2.80. The first-order valence-electron chi connectivity index (χ1n) is 8.16. The van der Waals surface area contributed by atoms with Crippen molar-refractivity contribution in [2.45, 2.75) is 32.1 Å². The van der Waals surface area contributed by atoms with E-state index in [9.17, 15) is 0 Å². The predicted molar refractivity (Wildman–Crippen MR) is 86.9 cm³/mol. The molecule has 0 amide bonds. The SMILES string of the molecule is COCCNCC(Cc1ccccc1OC)C1CCCC1. The standard InChI is InChI=1S/C18H29NO2/c1-20-12-11-19-14-17(15-7-3-4-8-15)13-16-9-5-6-10-18(16)21-2/h5-6,9-10,15,17,19H,3-4,7-8,11-14H2,1-2H3. The lowest BCUT2D eigenvalue weighted by Crippen LogP contribution is -2.31. The molecule has 118 valence electrons. The minimum Gasteiger partial charge on any atom is -0.496 e. The van der Waals surface area contributed by atoms with Crippen molar-refractivity contribution < 1.29 is 9.47 Å². The topological polar surface area (TPSA) is 30.5 Å². The van der Waals surface area contributed by atoms with Gasteiger partial charge in [-0.05, 0) is 36.4 Å². The van der Waals surface area contributed by atoms with Gasteiger partial charge in [0.15, 0.2) is 0 Å². The molecular formula is C18H29NO2. The summed E-state index contributed by atoms with van der Waals surface area (Å²) < 4.78 is 10.6. The fourth-order valence-electron chi connectivity index (χ4n) is 3.45. The van der Waals surface area contributed by atoms with Crippen LogP contribution in [0.3, 0.4) is 0 Å². The molecule has 1 unspecified atom stereocenters. The van der Waals surface area contributed by atoms with Gasteiger partial charge in [0.1, 0.15) is 5.75 Å². The van der Waals surface area contributed by atoms with Crippen molar-refractivity contribution in [3.63, 3.8) is 0 Å². The smallest absolute Gasteiger partial charge is 0.122 e. The van der Waals surface area contributed by atoms with Gasteiger partial charge in [0, 0.05) is 13.7 Å². The highest BCUT2D eigenvalue weighted by Crippen LogP contribution is 2.34. The van der Waals surface area contributed by atoms with Crippen LogP contribution in [0.2, 0.25) is 0 Å². The number of ether oxygens (including phenoxy) is 2. The Balaban J connectivity index is 1.97. The summed E-state index contributed by atoms with van der Waals surface area (Å²) in [4.78, 5) is 0. The van der Waals surface area contributed by atoms with Crippen LogP contribution < -0.4 is 10.1 Å². The molecule has 1 aliphatic rings. The van der Waals surface area contributed by atoms with Gasteiger partial charge in [0.2, 0.25) is 0 Å². The third-order valence-corrected chi connectivity index (χ3v) is 4.63. The summed E-state index contributed by atoms with van der Waals surface area (Å²) in [5.41, 5.74) is 1.34.